The van der Waals surface area contributed by atoms with Gasteiger partial charge in [0.2, 0.25) is 0 Å². The monoisotopic (exact) mass is 269 g/mol. The Morgan fingerprint density at radius 1 is 1.11 bits per heavy atom. The summed E-state index contributed by atoms with van der Waals surface area (Å²) in [5.41, 5.74) is 6.50. The average Bonchev–Trinajstić information content (AvgIpc) is 2.60. The third-order valence-electron chi connectivity index (χ3n) is 4.79. The Hall–Kier alpha value is -0.120. The molecule has 0 amide bonds. The molecule has 1 rings (SSSR count). The lowest BCUT2D eigenvalue weighted by molar-refractivity contribution is 0.0319. The minimum absolute atomic E-state index is 0.245. The van der Waals surface area contributed by atoms with Gasteiger partial charge in [0, 0.05) is 31.2 Å². The van der Waals surface area contributed by atoms with Gasteiger partial charge < -0.3 is 10.6 Å². The highest BCUT2D eigenvalue weighted by Gasteiger charge is 2.38. The van der Waals surface area contributed by atoms with Crippen molar-refractivity contribution in [2.45, 2.75) is 70.9 Å². The standard InChI is InChI=1S/C16H35N3/c1-5-9-16(14-17,10-6-2)19-12-8-11-18(4)13-15(19)7-3/h15H,5-14,17H2,1-4H3. The van der Waals surface area contributed by atoms with E-state index in [2.05, 4.69) is 37.6 Å². The highest BCUT2D eigenvalue weighted by atomic mass is 15.3. The second-order valence-corrected chi connectivity index (χ2v) is 6.30. The third-order valence-corrected chi connectivity index (χ3v) is 4.79. The molecule has 0 aromatic rings. The number of nitrogens with zero attached hydrogens (tertiary/aromatic N) is 2. The Morgan fingerprint density at radius 3 is 2.21 bits per heavy atom. The molecule has 1 fully saturated rings. The van der Waals surface area contributed by atoms with Crippen LogP contribution in [-0.4, -0.2) is 54.6 Å². The lowest BCUT2D eigenvalue weighted by Gasteiger charge is -2.47. The molecular weight excluding hydrogens is 234 g/mol. The van der Waals surface area contributed by atoms with E-state index in [-0.39, 0.29) is 5.54 Å². The van der Waals surface area contributed by atoms with Gasteiger partial charge in [0.1, 0.15) is 0 Å². The fourth-order valence-corrected chi connectivity index (χ4v) is 3.88. The predicted octanol–water partition coefficient (Wildman–Crippen LogP) is 2.70. The van der Waals surface area contributed by atoms with Crippen LogP contribution in [-0.2, 0) is 0 Å². The topological polar surface area (TPSA) is 32.5 Å². The number of likely N-dealkylation sites (N-methyl/N-ethyl adjacent to an activating group) is 1. The quantitative estimate of drug-likeness (QED) is 0.771. The molecule has 19 heavy (non-hydrogen) atoms. The molecule has 0 aromatic carbocycles. The summed E-state index contributed by atoms with van der Waals surface area (Å²) in [7, 11) is 2.26. The van der Waals surface area contributed by atoms with Gasteiger partial charge in [-0.1, -0.05) is 33.6 Å². The van der Waals surface area contributed by atoms with Crippen LogP contribution in [0.4, 0.5) is 0 Å². The maximum atomic E-state index is 6.26. The van der Waals surface area contributed by atoms with E-state index < -0.39 is 0 Å². The largest absolute Gasteiger partial charge is 0.329 e. The molecule has 0 aliphatic carbocycles. The minimum atomic E-state index is 0.245. The zero-order valence-electron chi connectivity index (χ0n) is 13.6. The Morgan fingerprint density at radius 2 is 1.74 bits per heavy atom. The lowest BCUT2D eigenvalue weighted by atomic mass is 9.85. The molecule has 3 nitrogen and oxygen atoms in total. The van der Waals surface area contributed by atoms with Crippen LogP contribution >= 0.6 is 0 Å². The summed E-state index contributed by atoms with van der Waals surface area (Å²) in [6.07, 6.45) is 7.48. The number of hydrogen-bond donors (Lipinski definition) is 1. The molecule has 0 aromatic heterocycles. The van der Waals surface area contributed by atoms with Crippen molar-refractivity contribution in [1.82, 2.24) is 9.80 Å². The molecule has 0 radical (unpaired) electrons. The molecule has 114 valence electrons. The smallest absolute Gasteiger partial charge is 0.0335 e. The number of hydrogen-bond acceptors (Lipinski definition) is 3. The van der Waals surface area contributed by atoms with E-state index in [1.807, 2.05) is 0 Å². The van der Waals surface area contributed by atoms with Gasteiger partial charge in [0.05, 0.1) is 0 Å². The molecule has 3 heteroatoms. The highest BCUT2D eigenvalue weighted by molar-refractivity contribution is 4.96. The third kappa shape index (κ3) is 4.17. The SMILES string of the molecule is CCCC(CN)(CCC)N1CCCN(C)CC1CC. The fourth-order valence-electron chi connectivity index (χ4n) is 3.88. The van der Waals surface area contributed by atoms with Gasteiger partial charge in [0.15, 0.2) is 0 Å². The zero-order valence-corrected chi connectivity index (χ0v) is 13.6. The number of rotatable bonds is 7. The van der Waals surface area contributed by atoms with E-state index in [0.29, 0.717) is 6.04 Å². The van der Waals surface area contributed by atoms with Crippen LogP contribution in [0, 0.1) is 0 Å². The van der Waals surface area contributed by atoms with E-state index in [1.165, 1.54) is 58.2 Å². The van der Waals surface area contributed by atoms with Crippen molar-refractivity contribution in [1.29, 1.82) is 0 Å². The van der Waals surface area contributed by atoms with Crippen molar-refractivity contribution in [3.8, 4) is 0 Å². The second-order valence-electron chi connectivity index (χ2n) is 6.30. The van der Waals surface area contributed by atoms with Gasteiger partial charge in [-0.25, -0.2) is 0 Å². The molecule has 0 spiro atoms. The Balaban J connectivity index is 2.95. The zero-order chi connectivity index (χ0) is 14.3. The molecule has 0 bridgehead atoms. The maximum absolute atomic E-state index is 6.26. The van der Waals surface area contributed by atoms with Crippen molar-refractivity contribution in [3.63, 3.8) is 0 Å². The van der Waals surface area contributed by atoms with E-state index in [4.69, 9.17) is 5.73 Å². The molecule has 1 saturated heterocycles. The first-order valence-electron chi connectivity index (χ1n) is 8.28. The van der Waals surface area contributed by atoms with Crippen molar-refractivity contribution >= 4 is 0 Å². The first-order chi connectivity index (χ1) is 9.13. The van der Waals surface area contributed by atoms with Crippen LogP contribution < -0.4 is 5.73 Å². The predicted molar refractivity (Wildman–Crippen MR) is 84.5 cm³/mol. The molecule has 1 heterocycles. The summed E-state index contributed by atoms with van der Waals surface area (Å²) in [5.74, 6) is 0. The summed E-state index contributed by atoms with van der Waals surface area (Å²) < 4.78 is 0. The first kappa shape index (κ1) is 16.9. The van der Waals surface area contributed by atoms with Gasteiger partial charge in [-0.05, 0) is 39.3 Å². The van der Waals surface area contributed by atoms with Gasteiger partial charge >= 0.3 is 0 Å². The molecule has 0 saturated carbocycles. The van der Waals surface area contributed by atoms with Gasteiger partial charge in [0.25, 0.3) is 0 Å². The Kier molecular flexibility index (Phi) is 7.33. The summed E-state index contributed by atoms with van der Waals surface area (Å²) in [6, 6.07) is 0.675. The van der Waals surface area contributed by atoms with Crippen molar-refractivity contribution in [2.24, 2.45) is 5.73 Å². The lowest BCUT2D eigenvalue weighted by Crippen LogP contribution is -2.58. The van der Waals surface area contributed by atoms with Crippen LogP contribution in [0.5, 0.6) is 0 Å². The van der Waals surface area contributed by atoms with Gasteiger partial charge in [-0.2, -0.15) is 0 Å². The second kappa shape index (κ2) is 8.23. The summed E-state index contributed by atoms with van der Waals surface area (Å²) >= 11 is 0. The Labute approximate surface area is 120 Å². The van der Waals surface area contributed by atoms with E-state index in [0.717, 1.165) is 6.54 Å². The molecule has 1 atom stereocenters. The van der Waals surface area contributed by atoms with Gasteiger partial charge in [-0.15, -0.1) is 0 Å². The fraction of sp³-hybridized carbons (Fsp3) is 1.00. The molecule has 1 unspecified atom stereocenters. The highest BCUT2D eigenvalue weighted by Crippen LogP contribution is 2.31. The van der Waals surface area contributed by atoms with Crippen LogP contribution in [0.1, 0.15) is 59.3 Å². The normalized spacial score (nSPS) is 23.5. The van der Waals surface area contributed by atoms with Gasteiger partial charge in [-0.3, -0.25) is 4.90 Å². The van der Waals surface area contributed by atoms with Crippen LogP contribution in [0.15, 0.2) is 0 Å². The van der Waals surface area contributed by atoms with E-state index in [9.17, 15) is 0 Å². The van der Waals surface area contributed by atoms with Crippen LogP contribution in [0.3, 0.4) is 0 Å². The van der Waals surface area contributed by atoms with Crippen LogP contribution in [0.2, 0.25) is 0 Å². The molecular formula is C16H35N3. The first-order valence-corrected chi connectivity index (χ1v) is 8.28. The Bertz CT molecular complexity index is 236. The minimum Gasteiger partial charge on any atom is -0.329 e. The summed E-state index contributed by atoms with van der Waals surface area (Å²) in [6.45, 7) is 11.4. The van der Waals surface area contributed by atoms with Crippen molar-refractivity contribution < 1.29 is 0 Å². The number of nitrogens with two attached hydrogens (primary N) is 1. The average molecular weight is 269 g/mol. The van der Waals surface area contributed by atoms with E-state index in [1.54, 1.807) is 0 Å². The van der Waals surface area contributed by atoms with Crippen LogP contribution in [0.25, 0.3) is 0 Å². The summed E-state index contributed by atoms with van der Waals surface area (Å²) in [5, 5.41) is 0. The van der Waals surface area contributed by atoms with E-state index >= 15 is 0 Å². The van der Waals surface area contributed by atoms with Crippen molar-refractivity contribution in [3.05, 3.63) is 0 Å². The van der Waals surface area contributed by atoms with Crippen molar-refractivity contribution in [2.75, 3.05) is 33.2 Å². The molecule has 2 N–H and O–H groups in total. The maximum Gasteiger partial charge on any atom is 0.0335 e. The molecule has 1 aliphatic heterocycles. The summed E-state index contributed by atoms with van der Waals surface area (Å²) in [4.78, 5) is 5.27. The molecule has 1 aliphatic rings.